The molecular formula is C15H14N2. The third-order valence-corrected chi connectivity index (χ3v) is 3.14. The fourth-order valence-corrected chi connectivity index (χ4v) is 2.29. The number of hydrogen-bond acceptors (Lipinski definition) is 2. The van der Waals surface area contributed by atoms with Gasteiger partial charge in [0.25, 0.3) is 0 Å². The Hall–Kier alpha value is -2.09. The molecular weight excluding hydrogens is 208 g/mol. The number of fused-ring (bicyclic) bond motifs is 1. The normalized spacial score (nSPS) is 14.0. The van der Waals surface area contributed by atoms with Crippen molar-refractivity contribution in [1.29, 1.82) is 0 Å². The largest absolute Gasteiger partial charge is 0.398 e. The highest BCUT2D eigenvalue weighted by Gasteiger charge is 2.16. The van der Waals surface area contributed by atoms with Crippen molar-refractivity contribution in [3.63, 3.8) is 0 Å². The molecule has 2 N–H and O–H groups in total. The minimum atomic E-state index is 0.794. The first-order valence-corrected chi connectivity index (χ1v) is 5.84. The van der Waals surface area contributed by atoms with Crippen LogP contribution in [0.15, 0.2) is 53.5 Å². The van der Waals surface area contributed by atoms with E-state index in [1.807, 2.05) is 24.3 Å². The SMILES string of the molecule is Nc1ccccc1C1=NCCc2ccccc21. The van der Waals surface area contributed by atoms with E-state index in [-0.39, 0.29) is 0 Å². The van der Waals surface area contributed by atoms with Gasteiger partial charge in [-0.1, -0.05) is 42.5 Å². The van der Waals surface area contributed by atoms with Gasteiger partial charge in [-0.05, 0) is 18.1 Å². The van der Waals surface area contributed by atoms with Crippen molar-refractivity contribution >= 4 is 11.4 Å². The van der Waals surface area contributed by atoms with Crippen molar-refractivity contribution < 1.29 is 0 Å². The second-order valence-corrected chi connectivity index (χ2v) is 4.22. The van der Waals surface area contributed by atoms with Gasteiger partial charge in [0.2, 0.25) is 0 Å². The third-order valence-electron chi connectivity index (χ3n) is 3.14. The van der Waals surface area contributed by atoms with Crippen LogP contribution < -0.4 is 5.73 Å². The molecule has 1 aliphatic rings. The van der Waals surface area contributed by atoms with E-state index in [2.05, 4.69) is 29.3 Å². The van der Waals surface area contributed by atoms with E-state index in [9.17, 15) is 0 Å². The Morgan fingerprint density at radius 1 is 0.882 bits per heavy atom. The van der Waals surface area contributed by atoms with Crippen molar-refractivity contribution in [3.05, 3.63) is 65.2 Å². The van der Waals surface area contributed by atoms with Crippen LogP contribution in [-0.2, 0) is 6.42 Å². The molecule has 0 atom stereocenters. The smallest absolute Gasteiger partial charge is 0.0742 e. The number of para-hydroxylation sites is 1. The van der Waals surface area contributed by atoms with E-state index in [1.165, 1.54) is 11.1 Å². The summed E-state index contributed by atoms with van der Waals surface area (Å²) in [5, 5.41) is 0. The molecule has 17 heavy (non-hydrogen) atoms. The van der Waals surface area contributed by atoms with Crippen LogP contribution in [0.4, 0.5) is 5.69 Å². The molecule has 2 aromatic rings. The lowest BCUT2D eigenvalue weighted by atomic mass is 9.93. The zero-order chi connectivity index (χ0) is 11.7. The van der Waals surface area contributed by atoms with Gasteiger partial charge in [-0.25, -0.2) is 0 Å². The topological polar surface area (TPSA) is 38.4 Å². The van der Waals surface area contributed by atoms with Crippen LogP contribution in [0.1, 0.15) is 16.7 Å². The van der Waals surface area contributed by atoms with Gasteiger partial charge in [0, 0.05) is 23.4 Å². The van der Waals surface area contributed by atoms with Crippen LogP contribution in [0, 0.1) is 0 Å². The molecule has 2 nitrogen and oxygen atoms in total. The second-order valence-electron chi connectivity index (χ2n) is 4.22. The molecule has 0 saturated carbocycles. The molecule has 2 aromatic carbocycles. The van der Waals surface area contributed by atoms with Gasteiger partial charge in [-0.15, -0.1) is 0 Å². The Kier molecular flexibility index (Phi) is 2.41. The van der Waals surface area contributed by atoms with Crippen LogP contribution in [0.5, 0.6) is 0 Å². The lowest BCUT2D eigenvalue weighted by Crippen LogP contribution is -2.15. The summed E-state index contributed by atoms with van der Waals surface area (Å²) < 4.78 is 0. The van der Waals surface area contributed by atoms with Crippen LogP contribution in [0.2, 0.25) is 0 Å². The predicted molar refractivity (Wildman–Crippen MR) is 71.5 cm³/mol. The molecule has 0 spiro atoms. The highest BCUT2D eigenvalue weighted by Crippen LogP contribution is 2.23. The number of hydrogen-bond donors (Lipinski definition) is 1. The Bertz CT molecular complexity index is 585. The minimum absolute atomic E-state index is 0.794. The molecule has 1 heterocycles. The number of nitrogen functional groups attached to an aromatic ring is 1. The number of nitrogens with zero attached hydrogens (tertiary/aromatic N) is 1. The van der Waals surface area contributed by atoms with E-state index in [0.717, 1.165) is 29.9 Å². The second kappa shape index (κ2) is 4.06. The number of anilines is 1. The maximum Gasteiger partial charge on any atom is 0.0742 e. The highest BCUT2D eigenvalue weighted by atomic mass is 14.8. The number of aliphatic imine (C=N–C) groups is 1. The van der Waals surface area contributed by atoms with Gasteiger partial charge < -0.3 is 5.73 Å². The molecule has 0 amide bonds. The molecule has 84 valence electrons. The van der Waals surface area contributed by atoms with Crippen molar-refractivity contribution in [3.8, 4) is 0 Å². The van der Waals surface area contributed by atoms with Gasteiger partial charge in [0.15, 0.2) is 0 Å². The van der Waals surface area contributed by atoms with E-state index >= 15 is 0 Å². The van der Waals surface area contributed by atoms with Gasteiger partial charge in [-0.3, -0.25) is 4.99 Å². The van der Waals surface area contributed by atoms with Gasteiger partial charge in [-0.2, -0.15) is 0 Å². The first-order chi connectivity index (χ1) is 8.36. The first kappa shape index (κ1) is 10.1. The molecule has 0 bridgehead atoms. The van der Waals surface area contributed by atoms with E-state index in [1.54, 1.807) is 0 Å². The summed E-state index contributed by atoms with van der Waals surface area (Å²) in [6.45, 7) is 0.848. The number of rotatable bonds is 1. The van der Waals surface area contributed by atoms with Gasteiger partial charge in [0.05, 0.1) is 5.71 Å². The Morgan fingerprint density at radius 2 is 1.59 bits per heavy atom. The van der Waals surface area contributed by atoms with E-state index in [0.29, 0.717) is 0 Å². The first-order valence-electron chi connectivity index (χ1n) is 5.84. The maximum absolute atomic E-state index is 6.03. The summed E-state index contributed by atoms with van der Waals surface area (Å²) in [6, 6.07) is 16.3. The fraction of sp³-hybridized carbons (Fsp3) is 0.133. The van der Waals surface area contributed by atoms with E-state index < -0.39 is 0 Å². The molecule has 0 radical (unpaired) electrons. The average molecular weight is 222 g/mol. The lowest BCUT2D eigenvalue weighted by Gasteiger charge is -2.17. The maximum atomic E-state index is 6.03. The monoisotopic (exact) mass is 222 g/mol. The minimum Gasteiger partial charge on any atom is -0.398 e. The summed E-state index contributed by atoms with van der Waals surface area (Å²) in [6.07, 6.45) is 1.02. The Balaban J connectivity index is 2.17. The molecule has 0 unspecified atom stereocenters. The highest BCUT2D eigenvalue weighted by molar-refractivity contribution is 6.16. The van der Waals surface area contributed by atoms with Crippen molar-refractivity contribution in [2.75, 3.05) is 12.3 Å². The standard InChI is InChI=1S/C15H14N2/c16-14-8-4-3-7-13(14)15-12-6-2-1-5-11(12)9-10-17-15/h1-8H,9-10,16H2. The van der Waals surface area contributed by atoms with Crippen LogP contribution in [0.25, 0.3) is 0 Å². The number of benzene rings is 2. The third kappa shape index (κ3) is 1.72. The van der Waals surface area contributed by atoms with Crippen LogP contribution in [-0.4, -0.2) is 12.3 Å². The molecule has 2 heteroatoms. The molecule has 0 fully saturated rings. The summed E-state index contributed by atoms with van der Waals surface area (Å²) in [7, 11) is 0. The quantitative estimate of drug-likeness (QED) is 0.740. The summed E-state index contributed by atoms with van der Waals surface area (Å²) in [5.74, 6) is 0. The lowest BCUT2D eigenvalue weighted by molar-refractivity contribution is 0.944. The molecule has 3 rings (SSSR count). The van der Waals surface area contributed by atoms with Crippen molar-refractivity contribution in [2.24, 2.45) is 4.99 Å². The van der Waals surface area contributed by atoms with Crippen LogP contribution in [0.3, 0.4) is 0 Å². The molecule has 0 saturated heterocycles. The van der Waals surface area contributed by atoms with Crippen molar-refractivity contribution in [1.82, 2.24) is 0 Å². The summed E-state index contributed by atoms with van der Waals surface area (Å²) in [4.78, 5) is 4.64. The average Bonchev–Trinajstić information content (AvgIpc) is 2.39. The van der Waals surface area contributed by atoms with Gasteiger partial charge in [0.1, 0.15) is 0 Å². The summed E-state index contributed by atoms with van der Waals surface area (Å²) in [5.41, 5.74) is 11.5. The molecule has 0 aliphatic carbocycles. The number of nitrogens with two attached hydrogens (primary N) is 1. The van der Waals surface area contributed by atoms with Gasteiger partial charge >= 0.3 is 0 Å². The van der Waals surface area contributed by atoms with E-state index in [4.69, 9.17) is 5.73 Å². The molecule has 0 aromatic heterocycles. The van der Waals surface area contributed by atoms with Crippen molar-refractivity contribution in [2.45, 2.75) is 6.42 Å². The molecule has 1 aliphatic heterocycles. The fourth-order valence-electron chi connectivity index (χ4n) is 2.29. The predicted octanol–water partition coefficient (Wildman–Crippen LogP) is 2.66. The summed E-state index contributed by atoms with van der Waals surface area (Å²) >= 11 is 0. The zero-order valence-electron chi connectivity index (χ0n) is 9.56. The Labute approximate surface area is 101 Å². The zero-order valence-corrected chi connectivity index (χ0v) is 9.56. The Morgan fingerprint density at radius 3 is 2.41 bits per heavy atom. The van der Waals surface area contributed by atoms with Crippen LogP contribution >= 0.6 is 0 Å².